The van der Waals surface area contributed by atoms with Crippen LogP contribution >= 0.6 is 15.9 Å². The van der Waals surface area contributed by atoms with E-state index in [1.807, 2.05) is 18.2 Å². The summed E-state index contributed by atoms with van der Waals surface area (Å²) in [6.07, 6.45) is 1.46. The molecule has 0 atom stereocenters. The molecule has 1 aromatic heterocycles. The normalized spacial score (nSPS) is 10.4. The number of hydrogen-bond acceptors (Lipinski definition) is 4. The zero-order valence-corrected chi connectivity index (χ0v) is 10.2. The fourth-order valence-electron chi connectivity index (χ4n) is 1.44. The SMILES string of the molecule is COc1ccc(Br)cc1-c1ncn(N)c1N. The Labute approximate surface area is 101 Å². The summed E-state index contributed by atoms with van der Waals surface area (Å²) in [7, 11) is 1.60. The summed E-state index contributed by atoms with van der Waals surface area (Å²) < 4.78 is 7.45. The molecule has 84 valence electrons. The van der Waals surface area contributed by atoms with Crippen LogP contribution in [0.1, 0.15) is 0 Å². The Hall–Kier alpha value is -1.69. The molecule has 0 unspecified atom stereocenters. The van der Waals surface area contributed by atoms with E-state index in [9.17, 15) is 0 Å². The maximum atomic E-state index is 5.81. The van der Waals surface area contributed by atoms with Crippen LogP contribution in [0.15, 0.2) is 29.0 Å². The summed E-state index contributed by atoms with van der Waals surface area (Å²) in [6.45, 7) is 0. The van der Waals surface area contributed by atoms with Gasteiger partial charge in [0.2, 0.25) is 0 Å². The highest BCUT2D eigenvalue weighted by atomic mass is 79.9. The third kappa shape index (κ3) is 1.71. The Morgan fingerprint density at radius 1 is 1.44 bits per heavy atom. The summed E-state index contributed by atoms with van der Waals surface area (Å²) in [4.78, 5) is 4.15. The first-order valence-corrected chi connectivity index (χ1v) is 5.34. The summed E-state index contributed by atoms with van der Waals surface area (Å²) in [5.41, 5.74) is 7.23. The second kappa shape index (κ2) is 4.05. The zero-order chi connectivity index (χ0) is 11.7. The van der Waals surface area contributed by atoms with Gasteiger partial charge < -0.3 is 16.3 Å². The minimum absolute atomic E-state index is 0.399. The third-order valence-corrected chi connectivity index (χ3v) is 2.74. The van der Waals surface area contributed by atoms with Crippen molar-refractivity contribution in [1.29, 1.82) is 0 Å². The first-order chi connectivity index (χ1) is 7.63. The first-order valence-electron chi connectivity index (χ1n) is 4.55. The summed E-state index contributed by atoms with van der Waals surface area (Å²) in [6, 6.07) is 5.61. The van der Waals surface area contributed by atoms with E-state index in [0.29, 0.717) is 17.3 Å². The molecule has 0 amide bonds. The van der Waals surface area contributed by atoms with E-state index < -0.39 is 0 Å². The lowest BCUT2D eigenvalue weighted by molar-refractivity contribution is 0.416. The number of benzene rings is 1. The Balaban J connectivity index is 2.62. The van der Waals surface area contributed by atoms with Gasteiger partial charge in [0.25, 0.3) is 0 Å². The van der Waals surface area contributed by atoms with Crippen molar-refractivity contribution in [2.45, 2.75) is 0 Å². The van der Waals surface area contributed by atoms with Crippen LogP contribution in [0.4, 0.5) is 5.82 Å². The van der Waals surface area contributed by atoms with Crippen LogP contribution < -0.4 is 16.3 Å². The number of anilines is 1. The van der Waals surface area contributed by atoms with Gasteiger partial charge in [-0.15, -0.1) is 0 Å². The average Bonchev–Trinajstić information content (AvgIpc) is 2.60. The second-order valence-corrected chi connectivity index (χ2v) is 4.15. The smallest absolute Gasteiger partial charge is 0.150 e. The predicted molar refractivity (Wildman–Crippen MR) is 66.5 cm³/mol. The van der Waals surface area contributed by atoms with Gasteiger partial charge in [-0.2, -0.15) is 0 Å². The first kappa shape index (κ1) is 10.8. The third-order valence-electron chi connectivity index (χ3n) is 2.25. The molecule has 6 heteroatoms. The molecule has 0 fully saturated rings. The molecule has 0 aliphatic rings. The van der Waals surface area contributed by atoms with Gasteiger partial charge in [-0.05, 0) is 18.2 Å². The largest absolute Gasteiger partial charge is 0.496 e. The summed E-state index contributed by atoms with van der Waals surface area (Å²) in [5.74, 6) is 6.69. The Morgan fingerprint density at radius 3 is 2.75 bits per heavy atom. The molecule has 0 radical (unpaired) electrons. The topological polar surface area (TPSA) is 79.1 Å². The Morgan fingerprint density at radius 2 is 2.19 bits per heavy atom. The predicted octanol–water partition coefficient (Wildman–Crippen LogP) is 1.62. The van der Waals surface area contributed by atoms with Crippen molar-refractivity contribution in [2.24, 2.45) is 0 Å². The molecule has 0 aliphatic carbocycles. The van der Waals surface area contributed by atoms with E-state index in [2.05, 4.69) is 20.9 Å². The Bertz CT molecular complexity index is 524. The van der Waals surface area contributed by atoms with Crippen LogP contribution in [0.5, 0.6) is 5.75 Å². The number of methoxy groups -OCH3 is 1. The number of imidazole rings is 1. The quantitative estimate of drug-likeness (QED) is 0.821. The van der Waals surface area contributed by atoms with Crippen LogP contribution in [0.2, 0.25) is 0 Å². The summed E-state index contributed by atoms with van der Waals surface area (Å²) >= 11 is 3.39. The lowest BCUT2D eigenvalue weighted by atomic mass is 10.1. The number of nitrogens with two attached hydrogens (primary N) is 2. The molecular formula is C10H11BrN4O. The zero-order valence-electron chi connectivity index (χ0n) is 8.64. The lowest BCUT2D eigenvalue weighted by Crippen LogP contribution is -2.10. The molecule has 0 spiro atoms. The average molecular weight is 283 g/mol. The minimum atomic E-state index is 0.399. The number of rotatable bonds is 2. The molecule has 1 aromatic carbocycles. The maximum absolute atomic E-state index is 5.81. The van der Waals surface area contributed by atoms with E-state index in [1.165, 1.54) is 11.0 Å². The number of hydrogen-bond donors (Lipinski definition) is 2. The van der Waals surface area contributed by atoms with Gasteiger partial charge in [0.1, 0.15) is 17.8 Å². The van der Waals surface area contributed by atoms with E-state index >= 15 is 0 Å². The number of halogens is 1. The van der Waals surface area contributed by atoms with Crippen molar-refractivity contribution in [1.82, 2.24) is 9.66 Å². The molecule has 1 heterocycles. The van der Waals surface area contributed by atoms with Gasteiger partial charge in [-0.25, -0.2) is 9.66 Å². The fourth-order valence-corrected chi connectivity index (χ4v) is 1.80. The van der Waals surface area contributed by atoms with Gasteiger partial charge in [0.15, 0.2) is 5.82 Å². The van der Waals surface area contributed by atoms with Crippen molar-refractivity contribution < 1.29 is 4.74 Å². The van der Waals surface area contributed by atoms with Crippen LogP contribution in [0.3, 0.4) is 0 Å². The van der Waals surface area contributed by atoms with Crippen LogP contribution in [0, 0.1) is 0 Å². The van der Waals surface area contributed by atoms with Gasteiger partial charge in [0.05, 0.1) is 7.11 Å². The second-order valence-electron chi connectivity index (χ2n) is 3.23. The highest BCUT2D eigenvalue weighted by Gasteiger charge is 2.13. The molecule has 0 saturated heterocycles. The minimum Gasteiger partial charge on any atom is -0.496 e. The van der Waals surface area contributed by atoms with Crippen LogP contribution in [0.25, 0.3) is 11.3 Å². The highest BCUT2D eigenvalue weighted by molar-refractivity contribution is 9.10. The van der Waals surface area contributed by atoms with E-state index in [1.54, 1.807) is 7.11 Å². The van der Waals surface area contributed by atoms with Crippen molar-refractivity contribution in [3.8, 4) is 17.0 Å². The van der Waals surface area contributed by atoms with Crippen molar-refractivity contribution in [3.63, 3.8) is 0 Å². The molecule has 0 saturated carbocycles. The van der Waals surface area contributed by atoms with Crippen LogP contribution in [-0.2, 0) is 0 Å². The maximum Gasteiger partial charge on any atom is 0.150 e. The molecule has 2 rings (SSSR count). The van der Waals surface area contributed by atoms with Gasteiger partial charge in [-0.1, -0.05) is 15.9 Å². The van der Waals surface area contributed by atoms with E-state index in [0.717, 1.165) is 10.0 Å². The van der Waals surface area contributed by atoms with E-state index in [4.69, 9.17) is 16.3 Å². The lowest BCUT2D eigenvalue weighted by Gasteiger charge is -2.07. The number of aromatic nitrogens is 2. The molecule has 4 N–H and O–H groups in total. The number of ether oxygens (including phenoxy) is 1. The molecule has 2 aromatic rings. The molecular weight excluding hydrogens is 272 g/mol. The molecule has 0 bridgehead atoms. The van der Waals surface area contributed by atoms with Crippen LogP contribution in [-0.4, -0.2) is 16.8 Å². The fraction of sp³-hybridized carbons (Fsp3) is 0.100. The number of nitrogens with zero attached hydrogens (tertiary/aromatic N) is 2. The van der Waals surface area contributed by atoms with Crippen molar-refractivity contribution >= 4 is 21.7 Å². The molecule has 16 heavy (non-hydrogen) atoms. The van der Waals surface area contributed by atoms with Crippen molar-refractivity contribution in [2.75, 3.05) is 18.7 Å². The van der Waals surface area contributed by atoms with Gasteiger partial charge >= 0.3 is 0 Å². The van der Waals surface area contributed by atoms with Gasteiger partial charge in [0, 0.05) is 10.0 Å². The highest BCUT2D eigenvalue weighted by Crippen LogP contribution is 2.34. The molecule has 5 nitrogen and oxygen atoms in total. The Kier molecular flexibility index (Phi) is 2.74. The molecule has 0 aliphatic heterocycles. The van der Waals surface area contributed by atoms with Crippen molar-refractivity contribution in [3.05, 3.63) is 29.0 Å². The monoisotopic (exact) mass is 282 g/mol. The van der Waals surface area contributed by atoms with Gasteiger partial charge in [-0.3, -0.25) is 0 Å². The van der Waals surface area contributed by atoms with E-state index in [-0.39, 0.29) is 0 Å². The number of nitrogen functional groups attached to an aromatic ring is 2. The summed E-state index contributed by atoms with van der Waals surface area (Å²) in [5, 5.41) is 0. The standard InChI is InChI=1S/C10H11BrN4O/c1-16-8-3-2-6(11)4-7(8)9-10(12)15(13)5-14-9/h2-5H,12-13H2,1H3.